The van der Waals surface area contributed by atoms with Crippen LogP contribution in [0.2, 0.25) is 0 Å². The Hall–Kier alpha value is -0.820. The minimum Gasteiger partial charge on any atom is -0.320 e. The molecule has 0 aliphatic carbocycles. The molecule has 1 aromatic rings. The van der Waals surface area contributed by atoms with Gasteiger partial charge >= 0.3 is 0 Å². The topological polar surface area (TPSA) is 12.0 Å². The molecule has 1 heteroatoms. The molecule has 0 radical (unpaired) electrons. The molecule has 0 aliphatic heterocycles. The Morgan fingerprint density at radius 2 is 0.852 bits per heavy atom. The van der Waals surface area contributed by atoms with Crippen molar-refractivity contribution in [1.82, 2.24) is 5.32 Å². The first-order chi connectivity index (χ1) is 13.4. The summed E-state index contributed by atoms with van der Waals surface area (Å²) in [5.41, 5.74) is 1.50. The lowest BCUT2D eigenvalue weighted by atomic mass is 10.0. The maximum Gasteiger partial charge on any atom is -0.00519 e. The number of nitrogens with one attached hydrogen (secondary N) is 1. The molecule has 0 unspecified atom stereocenters. The summed E-state index contributed by atoms with van der Waals surface area (Å²) >= 11 is 0. The fraction of sp³-hybridized carbons (Fsp3) is 0.769. The number of rotatable bonds is 20. The van der Waals surface area contributed by atoms with Gasteiger partial charge in [-0.2, -0.15) is 0 Å². The molecule has 0 aromatic heterocycles. The molecule has 0 atom stereocenters. The van der Waals surface area contributed by atoms with Gasteiger partial charge in [0.25, 0.3) is 0 Å². The second-order valence-corrected chi connectivity index (χ2v) is 8.35. The minimum absolute atomic E-state index is 1.19. The predicted octanol–water partition coefficient (Wildman–Crippen LogP) is 8.08. The molecule has 0 saturated carbocycles. The van der Waals surface area contributed by atoms with Crippen LogP contribution in [0.3, 0.4) is 0 Å². The van der Waals surface area contributed by atoms with Crippen LogP contribution in [0, 0.1) is 0 Å². The fourth-order valence-corrected chi connectivity index (χ4v) is 3.93. The molecule has 1 aromatic carbocycles. The zero-order chi connectivity index (χ0) is 19.3. The van der Waals surface area contributed by atoms with E-state index in [2.05, 4.69) is 35.6 Å². The third-order valence-corrected chi connectivity index (χ3v) is 5.74. The SMILES string of the molecule is CNCCCCCCCCCCCCCCCCCCCc1ccccc1. The number of unbranched alkanes of at least 4 members (excludes halogenated alkanes) is 16. The fourth-order valence-electron chi connectivity index (χ4n) is 3.93. The summed E-state index contributed by atoms with van der Waals surface area (Å²) in [6.45, 7) is 1.19. The van der Waals surface area contributed by atoms with Gasteiger partial charge in [-0.3, -0.25) is 0 Å². The van der Waals surface area contributed by atoms with E-state index < -0.39 is 0 Å². The van der Waals surface area contributed by atoms with Crippen molar-refractivity contribution in [2.45, 2.75) is 116 Å². The Morgan fingerprint density at radius 1 is 0.481 bits per heavy atom. The highest BCUT2D eigenvalue weighted by Crippen LogP contribution is 2.14. The zero-order valence-corrected chi connectivity index (χ0v) is 18.3. The molecule has 156 valence electrons. The summed E-state index contributed by atoms with van der Waals surface area (Å²) in [5, 5.41) is 3.23. The number of aryl methyl sites for hydroxylation is 1. The van der Waals surface area contributed by atoms with Crippen molar-refractivity contribution in [2.75, 3.05) is 13.6 Å². The molecular formula is C26H47N. The molecule has 1 nitrogen and oxygen atoms in total. The van der Waals surface area contributed by atoms with E-state index in [0.717, 1.165) is 0 Å². The lowest BCUT2D eigenvalue weighted by Crippen LogP contribution is -2.06. The van der Waals surface area contributed by atoms with Crippen LogP contribution in [0.5, 0.6) is 0 Å². The Kier molecular flexibility index (Phi) is 17.9. The zero-order valence-electron chi connectivity index (χ0n) is 18.3. The summed E-state index contributed by atoms with van der Waals surface area (Å²) in [6.07, 6.45) is 25.8. The van der Waals surface area contributed by atoms with Crippen molar-refractivity contribution in [3.05, 3.63) is 35.9 Å². The summed E-state index contributed by atoms with van der Waals surface area (Å²) in [6, 6.07) is 10.9. The average Bonchev–Trinajstić information content (AvgIpc) is 2.70. The highest BCUT2D eigenvalue weighted by molar-refractivity contribution is 5.14. The van der Waals surface area contributed by atoms with Crippen LogP contribution in [0.1, 0.15) is 115 Å². The second kappa shape index (κ2) is 19.9. The van der Waals surface area contributed by atoms with Crippen molar-refractivity contribution >= 4 is 0 Å². The van der Waals surface area contributed by atoms with E-state index in [4.69, 9.17) is 0 Å². The number of hydrogen-bond acceptors (Lipinski definition) is 1. The Morgan fingerprint density at radius 3 is 1.26 bits per heavy atom. The van der Waals surface area contributed by atoms with Crippen molar-refractivity contribution in [2.24, 2.45) is 0 Å². The summed E-state index contributed by atoms with van der Waals surface area (Å²) in [4.78, 5) is 0. The van der Waals surface area contributed by atoms with Gasteiger partial charge in [0.2, 0.25) is 0 Å². The number of benzene rings is 1. The quantitative estimate of drug-likeness (QED) is 0.228. The van der Waals surface area contributed by atoms with Crippen LogP contribution < -0.4 is 5.32 Å². The normalized spacial score (nSPS) is 11.1. The predicted molar refractivity (Wildman–Crippen MR) is 123 cm³/mol. The Balaban J connectivity index is 1.67. The maximum atomic E-state index is 3.23. The van der Waals surface area contributed by atoms with Gasteiger partial charge in [0.05, 0.1) is 0 Å². The largest absolute Gasteiger partial charge is 0.320 e. The van der Waals surface area contributed by atoms with Crippen LogP contribution in [0.15, 0.2) is 30.3 Å². The van der Waals surface area contributed by atoms with Crippen LogP contribution in [0.25, 0.3) is 0 Å². The third kappa shape index (κ3) is 17.0. The summed E-state index contributed by atoms with van der Waals surface area (Å²) in [7, 11) is 2.05. The summed E-state index contributed by atoms with van der Waals surface area (Å²) in [5.74, 6) is 0. The minimum atomic E-state index is 1.19. The molecule has 0 heterocycles. The highest BCUT2D eigenvalue weighted by atomic mass is 14.8. The summed E-state index contributed by atoms with van der Waals surface area (Å²) < 4.78 is 0. The van der Waals surface area contributed by atoms with E-state index in [9.17, 15) is 0 Å². The maximum absolute atomic E-state index is 3.23. The second-order valence-electron chi connectivity index (χ2n) is 8.35. The molecule has 0 spiro atoms. The molecule has 27 heavy (non-hydrogen) atoms. The van der Waals surface area contributed by atoms with Crippen LogP contribution in [-0.4, -0.2) is 13.6 Å². The van der Waals surface area contributed by atoms with Gasteiger partial charge < -0.3 is 5.32 Å². The first-order valence-electron chi connectivity index (χ1n) is 12.1. The molecule has 0 amide bonds. The first kappa shape index (κ1) is 24.2. The average molecular weight is 374 g/mol. The molecule has 0 bridgehead atoms. The van der Waals surface area contributed by atoms with Gasteiger partial charge in [0.1, 0.15) is 0 Å². The van der Waals surface area contributed by atoms with E-state index >= 15 is 0 Å². The van der Waals surface area contributed by atoms with E-state index in [-0.39, 0.29) is 0 Å². The molecule has 1 rings (SSSR count). The Labute approximate surface area is 170 Å². The highest BCUT2D eigenvalue weighted by Gasteiger charge is 1.96. The van der Waals surface area contributed by atoms with Gasteiger partial charge in [0, 0.05) is 0 Å². The van der Waals surface area contributed by atoms with Crippen molar-refractivity contribution in [1.29, 1.82) is 0 Å². The molecule has 0 saturated heterocycles. The standard InChI is InChI=1S/C26H47N/c1-27-25-21-16-14-12-10-8-6-4-2-3-5-7-9-11-13-15-18-22-26-23-19-17-20-24-26/h17,19-20,23-24,27H,2-16,18,21-22,25H2,1H3. The molecule has 0 fully saturated rings. The van der Waals surface area contributed by atoms with E-state index in [0.29, 0.717) is 0 Å². The van der Waals surface area contributed by atoms with Gasteiger partial charge in [-0.1, -0.05) is 127 Å². The van der Waals surface area contributed by atoms with Gasteiger partial charge in [-0.05, 0) is 38.4 Å². The van der Waals surface area contributed by atoms with E-state index in [1.165, 1.54) is 128 Å². The van der Waals surface area contributed by atoms with Gasteiger partial charge in [0.15, 0.2) is 0 Å². The first-order valence-corrected chi connectivity index (χ1v) is 12.1. The van der Waals surface area contributed by atoms with E-state index in [1.807, 2.05) is 7.05 Å². The number of hydrogen-bond donors (Lipinski definition) is 1. The molecule has 1 N–H and O–H groups in total. The monoisotopic (exact) mass is 373 g/mol. The van der Waals surface area contributed by atoms with Crippen molar-refractivity contribution in [3.63, 3.8) is 0 Å². The molecular weight excluding hydrogens is 326 g/mol. The van der Waals surface area contributed by atoms with Crippen LogP contribution in [-0.2, 0) is 6.42 Å². The lowest BCUT2D eigenvalue weighted by Gasteiger charge is -2.04. The lowest BCUT2D eigenvalue weighted by molar-refractivity contribution is 0.524. The van der Waals surface area contributed by atoms with Crippen molar-refractivity contribution < 1.29 is 0 Å². The van der Waals surface area contributed by atoms with Crippen LogP contribution >= 0.6 is 0 Å². The van der Waals surface area contributed by atoms with Crippen molar-refractivity contribution in [3.8, 4) is 0 Å². The van der Waals surface area contributed by atoms with Gasteiger partial charge in [-0.15, -0.1) is 0 Å². The smallest absolute Gasteiger partial charge is 0.00519 e. The third-order valence-electron chi connectivity index (χ3n) is 5.74. The molecule has 0 aliphatic rings. The van der Waals surface area contributed by atoms with Crippen LogP contribution in [0.4, 0.5) is 0 Å². The van der Waals surface area contributed by atoms with Gasteiger partial charge in [-0.25, -0.2) is 0 Å². The Bertz CT molecular complexity index is 386. The van der Waals surface area contributed by atoms with E-state index in [1.54, 1.807) is 0 Å².